The minimum Gasteiger partial charge on any atom is -0.465 e. The van der Waals surface area contributed by atoms with E-state index >= 15 is 0 Å². The van der Waals surface area contributed by atoms with Crippen LogP contribution in [0.15, 0.2) is 0 Å². The minimum atomic E-state index is -0.239. The number of hydrogen-bond acceptors (Lipinski definition) is 4. The van der Waals surface area contributed by atoms with Crippen LogP contribution in [-0.4, -0.2) is 25.2 Å². The fourth-order valence-corrected chi connectivity index (χ4v) is 1.02. The molecule has 0 aromatic rings. The van der Waals surface area contributed by atoms with Gasteiger partial charge >= 0.3 is 5.97 Å². The Balaban J connectivity index is 3.14. The molecule has 0 saturated heterocycles. The molecule has 4 nitrogen and oxygen atoms in total. The van der Waals surface area contributed by atoms with E-state index in [1.54, 1.807) is 6.92 Å². The number of carbonyl (C=O) groups excluding carboxylic acids is 1. The molecule has 0 aliphatic carbocycles. The number of hydrogen-bond donors (Lipinski definition) is 1. The molecular formula is C7H16NO3P. The maximum Gasteiger partial charge on any atom is 0.320 e. The summed E-state index contributed by atoms with van der Waals surface area (Å²) in [5, 5.41) is 2.83. The highest BCUT2D eigenvalue weighted by Crippen LogP contribution is 2.08. The smallest absolute Gasteiger partial charge is 0.320 e. The van der Waals surface area contributed by atoms with Crippen molar-refractivity contribution in [1.29, 1.82) is 0 Å². The molecule has 72 valence electrons. The van der Waals surface area contributed by atoms with E-state index in [1.165, 1.54) is 0 Å². The predicted octanol–water partition coefficient (Wildman–Crippen LogP) is 1.07. The van der Waals surface area contributed by atoms with Gasteiger partial charge in [-0.3, -0.25) is 9.88 Å². The van der Waals surface area contributed by atoms with Crippen LogP contribution in [0.2, 0.25) is 0 Å². The normalized spacial score (nSPS) is 11.3. The number of rotatable bonds is 6. The van der Waals surface area contributed by atoms with Gasteiger partial charge in [0.25, 0.3) is 0 Å². The van der Waals surface area contributed by atoms with E-state index < -0.39 is 0 Å². The van der Waals surface area contributed by atoms with E-state index in [9.17, 15) is 4.79 Å². The van der Waals surface area contributed by atoms with Gasteiger partial charge in [0, 0.05) is 0 Å². The summed E-state index contributed by atoms with van der Waals surface area (Å²) in [4.78, 5) is 10.8. The standard InChI is InChI=1S/C7H16NO3P/c1-4-10-7(9)5-8-12-11-6(2)3/h6,8,12H,4-5H2,1-3H3. The molecule has 1 unspecified atom stereocenters. The molecule has 12 heavy (non-hydrogen) atoms. The molecule has 0 rings (SSSR count). The molecule has 5 heteroatoms. The Kier molecular flexibility index (Phi) is 7.36. The van der Waals surface area contributed by atoms with Gasteiger partial charge in [-0.1, -0.05) is 0 Å². The van der Waals surface area contributed by atoms with E-state index in [0.29, 0.717) is 6.61 Å². The van der Waals surface area contributed by atoms with Gasteiger partial charge in [0.15, 0.2) is 0 Å². The van der Waals surface area contributed by atoms with Gasteiger partial charge in [-0.2, -0.15) is 0 Å². The Labute approximate surface area is 74.9 Å². The largest absolute Gasteiger partial charge is 0.465 e. The van der Waals surface area contributed by atoms with Crippen LogP contribution in [0.1, 0.15) is 20.8 Å². The number of ether oxygens (including phenoxy) is 1. The Morgan fingerprint density at radius 1 is 1.58 bits per heavy atom. The fourth-order valence-electron chi connectivity index (χ4n) is 0.480. The summed E-state index contributed by atoms with van der Waals surface area (Å²) < 4.78 is 9.88. The topological polar surface area (TPSA) is 47.6 Å². The van der Waals surface area contributed by atoms with Crippen molar-refractivity contribution in [3.05, 3.63) is 0 Å². The molecule has 0 radical (unpaired) electrons. The zero-order chi connectivity index (χ0) is 9.40. The van der Waals surface area contributed by atoms with E-state index in [1.807, 2.05) is 13.8 Å². The van der Waals surface area contributed by atoms with Crippen molar-refractivity contribution in [2.75, 3.05) is 13.2 Å². The number of carbonyl (C=O) groups is 1. The molecule has 0 aromatic heterocycles. The van der Waals surface area contributed by atoms with Gasteiger partial charge in [-0.15, -0.1) is 0 Å². The molecule has 0 bridgehead atoms. The summed E-state index contributed by atoms with van der Waals surface area (Å²) in [6.07, 6.45) is 0.193. The summed E-state index contributed by atoms with van der Waals surface area (Å²) in [5.41, 5.74) is 0. The predicted molar refractivity (Wildman–Crippen MR) is 49.2 cm³/mol. The average Bonchev–Trinajstić information content (AvgIpc) is 1.98. The second-order valence-corrected chi connectivity index (χ2v) is 3.22. The molecule has 1 N–H and O–H groups in total. The first-order valence-corrected chi connectivity index (χ1v) is 4.86. The van der Waals surface area contributed by atoms with Crippen molar-refractivity contribution in [3.8, 4) is 0 Å². The van der Waals surface area contributed by atoms with Crippen LogP contribution in [0.3, 0.4) is 0 Å². The van der Waals surface area contributed by atoms with Crippen LogP contribution in [0.25, 0.3) is 0 Å². The summed E-state index contributed by atoms with van der Waals surface area (Å²) in [6, 6.07) is 0. The quantitative estimate of drug-likeness (QED) is 0.389. The molecule has 0 aliphatic rings. The number of esters is 1. The highest BCUT2D eigenvalue weighted by atomic mass is 31.1. The maximum absolute atomic E-state index is 10.8. The minimum absolute atomic E-state index is 0.159. The van der Waals surface area contributed by atoms with Gasteiger partial charge in [-0.25, -0.2) is 0 Å². The molecule has 0 heterocycles. The lowest BCUT2D eigenvalue weighted by molar-refractivity contribution is -0.141. The van der Waals surface area contributed by atoms with E-state index in [-0.39, 0.29) is 27.6 Å². The molecule has 0 aromatic carbocycles. The van der Waals surface area contributed by atoms with Gasteiger partial charge in [0.1, 0.15) is 0 Å². The molecule has 0 saturated carbocycles. The highest BCUT2D eigenvalue weighted by Gasteiger charge is 1.99. The zero-order valence-electron chi connectivity index (χ0n) is 7.72. The van der Waals surface area contributed by atoms with E-state index in [4.69, 9.17) is 9.26 Å². The van der Waals surface area contributed by atoms with Crippen LogP contribution in [-0.2, 0) is 14.1 Å². The van der Waals surface area contributed by atoms with Crippen molar-refractivity contribution in [1.82, 2.24) is 5.09 Å². The van der Waals surface area contributed by atoms with E-state index in [0.717, 1.165) is 0 Å². The second-order valence-electron chi connectivity index (χ2n) is 2.43. The van der Waals surface area contributed by atoms with Crippen molar-refractivity contribution in [2.45, 2.75) is 26.9 Å². The van der Waals surface area contributed by atoms with Gasteiger partial charge < -0.3 is 9.26 Å². The third-order valence-corrected chi connectivity index (χ3v) is 1.82. The van der Waals surface area contributed by atoms with Crippen LogP contribution in [0, 0.1) is 0 Å². The van der Waals surface area contributed by atoms with Crippen LogP contribution < -0.4 is 5.09 Å². The molecule has 0 spiro atoms. The van der Waals surface area contributed by atoms with Crippen molar-refractivity contribution in [3.63, 3.8) is 0 Å². The second kappa shape index (κ2) is 7.47. The Hall–Kier alpha value is -0.180. The van der Waals surface area contributed by atoms with Gasteiger partial charge in [0.05, 0.1) is 28.2 Å². The first-order chi connectivity index (χ1) is 5.66. The molecule has 0 fully saturated rings. The first kappa shape index (κ1) is 11.8. The van der Waals surface area contributed by atoms with Crippen LogP contribution >= 0.6 is 8.96 Å². The third kappa shape index (κ3) is 7.92. The Morgan fingerprint density at radius 2 is 2.25 bits per heavy atom. The molecule has 1 atom stereocenters. The third-order valence-electron chi connectivity index (χ3n) is 0.905. The average molecular weight is 193 g/mol. The Morgan fingerprint density at radius 3 is 2.75 bits per heavy atom. The molecule has 0 amide bonds. The maximum atomic E-state index is 10.8. The van der Waals surface area contributed by atoms with Crippen molar-refractivity contribution in [2.24, 2.45) is 0 Å². The SMILES string of the molecule is CCOC(=O)CNPOC(C)C. The lowest BCUT2D eigenvalue weighted by atomic mass is 10.5. The monoisotopic (exact) mass is 193 g/mol. The van der Waals surface area contributed by atoms with E-state index in [2.05, 4.69) is 5.09 Å². The summed E-state index contributed by atoms with van der Waals surface area (Å²) in [7, 11) is 0.159. The zero-order valence-corrected chi connectivity index (χ0v) is 8.72. The summed E-state index contributed by atoms with van der Waals surface area (Å²) in [5.74, 6) is -0.239. The van der Waals surface area contributed by atoms with Gasteiger partial charge in [-0.05, 0) is 20.8 Å². The van der Waals surface area contributed by atoms with Gasteiger partial charge in [0.2, 0.25) is 0 Å². The Bertz CT molecular complexity index is 130. The summed E-state index contributed by atoms with van der Waals surface area (Å²) >= 11 is 0. The number of nitrogens with one attached hydrogen (secondary N) is 1. The molecular weight excluding hydrogens is 177 g/mol. The molecule has 0 aliphatic heterocycles. The lowest BCUT2D eigenvalue weighted by Crippen LogP contribution is -2.19. The summed E-state index contributed by atoms with van der Waals surface area (Å²) in [6.45, 7) is 6.32. The first-order valence-electron chi connectivity index (χ1n) is 3.96. The fraction of sp³-hybridized carbons (Fsp3) is 0.857. The van der Waals surface area contributed by atoms with Crippen molar-refractivity contribution >= 4 is 14.9 Å². The lowest BCUT2D eigenvalue weighted by Gasteiger charge is -2.07. The van der Waals surface area contributed by atoms with Crippen LogP contribution in [0.4, 0.5) is 0 Å². The van der Waals surface area contributed by atoms with Crippen molar-refractivity contribution < 1.29 is 14.1 Å². The van der Waals surface area contributed by atoms with Crippen LogP contribution in [0.5, 0.6) is 0 Å². The highest BCUT2D eigenvalue weighted by molar-refractivity contribution is 7.29.